The Balaban J connectivity index is 1.47. The number of rotatable bonds is 3. The van der Waals surface area contributed by atoms with Crippen molar-refractivity contribution in [2.24, 2.45) is 5.92 Å². The van der Waals surface area contributed by atoms with Crippen molar-refractivity contribution in [2.75, 3.05) is 25.0 Å². The molecule has 1 spiro atoms. The second-order valence-corrected chi connectivity index (χ2v) is 7.42. The van der Waals surface area contributed by atoms with E-state index in [9.17, 15) is 9.59 Å². The van der Waals surface area contributed by atoms with Crippen LogP contribution in [0.25, 0.3) is 0 Å². The van der Waals surface area contributed by atoms with Gasteiger partial charge in [-0.15, -0.1) is 0 Å². The predicted octanol–water partition coefficient (Wildman–Crippen LogP) is 2.06. The lowest BCUT2D eigenvalue weighted by atomic mass is 9.73. The van der Waals surface area contributed by atoms with Crippen molar-refractivity contribution in [2.45, 2.75) is 31.7 Å². The Bertz CT molecular complexity index is 822. The lowest BCUT2D eigenvalue weighted by molar-refractivity contribution is -0.139. The number of carbonyl (C=O) groups is 2. The molecule has 2 amide bonds. The zero-order valence-corrected chi connectivity index (χ0v) is 15.3. The smallest absolute Gasteiger partial charge is 0.237 e. The Kier molecular flexibility index (Phi) is 4.05. The van der Waals surface area contributed by atoms with Crippen molar-refractivity contribution < 1.29 is 9.59 Å². The molecule has 1 fully saturated rings. The monoisotopic (exact) mass is 352 g/mol. The molecular weight excluding hydrogens is 328 g/mol. The van der Waals surface area contributed by atoms with E-state index in [4.69, 9.17) is 0 Å². The summed E-state index contributed by atoms with van der Waals surface area (Å²) in [6.07, 6.45) is 4.97. The Morgan fingerprint density at radius 2 is 1.96 bits per heavy atom. The van der Waals surface area contributed by atoms with Crippen LogP contribution in [0.5, 0.6) is 0 Å². The SMILES string of the molecule is C[C@@H](Cn1cccn1)C(=O)N1CCC2(CC1)C(=O)N(C)c1ccccc12. The number of anilines is 1. The van der Waals surface area contributed by atoms with Crippen LogP contribution < -0.4 is 4.90 Å². The highest BCUT2D eigenvalue weighted by Gasteiger charge is 2.51. The third kappa shape index (κ3) is 2.52. The number of carbonyl (C=O) groups excluding carboxylic acids is 2. The lowest BCUT2D eigenvalue weighted by Gasteiger charge is -2.39. The molecule has 26 heavy (non-hydrogen) atoms. The molecule has 2 aromatic rings. The minimum absolute atomic E-state index is 0.127. The van der Waals surface area contributed by atoms with Crippen LogP contribution in [0.1, 0.15) is 25.3 Å². The molecule has 0 saturated carbocycles. The molecule has 1 saturated heterocycles. The molecule has 0 aliphatic carbocycles. The Labute approximate surface area is 153 Å². The average molecular weight is 352 g/mol. The van der Waals surface area contributed by atoms with Crippen LogP contribution in [0.3, 0.4) is 0 Å². The Morgan fingerprint density at radius 1 is 1.23 bits per heavy atom. The van der Waals surface area contributed by atoms with E-state index in [0.717, 1.165) is 11.3 Å². The summed E-state index contributed by atoms with van der Waals surface area (Å²) in [7, 11) is 1.85. The molecule has 0 N–H and O–H groups in total. The molecule has 6 nitrogen and oxygen atoms in total. The first-order chi connectivity index (χ1) is 12.5. The van der Waals surface area contributed by atoms with E-state index in [1.54, 1.807) is 15.8 Å². The van der Waals surface area contributed by atoms with Gasteiger partial charge < -0.3 is 9.80 Å². The molecule has 4 rings (SSSR count). The summed E-state index contributed by atoms with van der Waals surface area (Å²) in [4.78, 5) is 29.5. The first-order valence-electron chi connectivity index (χ1n) is 9.17. The summed E-state index contributed by atoms with van der Waals surface area (Å²) in [5.41, 5.74) is 1.65. The molecule has 2 aliphatic heterocycles. The fourth-order valence-electron chi connectivity index (χ4n) is 4.39. The van der Waals surface area contributed by atoms with Crippen LogP contribution in [0.15, 0.2) is 42.7 Å². The van der Waals surface area contributed by atoms with E-state index in [1.807, 2.05) is 49.3 Å². The second kappa shape index (κ2) is 6.27. The molecule has 2 aliphatic rings. The summed E-state index contributed by atoms with van der Waals surface area (Å²) in [5, 5.41) is 4.18. The number of fused-ring (bicyclic) bond motifs is 2. The highest BCUT2D eigenvalue weighted by molar-refractivity contribution is 6.07. The number of benzene rings is 1. The zero-order valence-electron chi connectivity index (χ0n) is 15.3. The molecule has 0 unspecified atom stereocenters. The number of aromatic nitrogens is 2. The van der Waals surface area contributed by atoms with Crippen molar-refractivity contribution in [3.8, 4) is 0 Å². The predicted molar refractivity (Wildman–Crippen MR) is 98.7 cm³/mol. The van der Waals surface area contributed by atoms with E-state index < -0.39 is 5.41 Å². The van der Waals surface area contributed by atoms with Crippen LogP contribution in [0.2, 0.25) is 0 Å². The number of hydrogen-bond acceptors (Lipinski definition) is 3. The van der Waals surface area contributed by atoms with Gasteiger partial charge in [0.1, 0.15) is 0 Å². The maximum absolute atomic E-state index is 13.0. The van der Waals surface area contributed by atoms with Gasteiger partial charge in [0.05, 0.1) is 17.9 Å². The highest BCUT2D eigenvalue weighted by Crippen LogP contribution is 2.47. The van der Waals surface area contributed by atoms with E-state index in [-0.39, 0.29) is 17.7 Å². The van der Waals surface area contributed by atoms with Gasteiger partial charge in [-0.2, -0.15) is 5.10 Å². The van der Waals surface area contributed by atoms with Crippen LogP contribution in [0.4, 0.5) is 5.69 Å². The maximum atomic E-state index is 13.0. The van der Waals surface area contributed by atoms with Crippen LogP contribution in [0, 0.1) is 5.92 Å². The quantitative estimate of drug-likeness (QED) is 0.850. The number of hydrogen-bond donors (Lipinski definition) is 0. The Morgan fingerprint density at radius 3 is 2.65 bits per heavy atom. The van der Waals surface area contributed by atoms with Crippen molar-refractivity contribution in [1.82, 2.24) is 14.7 Å². The Hall–Kier alpha value is -2.63. The minimum Gasteiger partial charge on any atom is -0.342 e. The summed E-state index contributed by atoms with van der Waals surface area (Å²) in [5.74, 6) is 0.177. The van der Waals surface area contributed by atoms with E-state index in [2.05, 4.69) is 11.2 Å². The minimum atomic E-state index is -0.465. The fourth-order valence-corrected chi connectivity index (χ4v) is 4.39. The van der Waals surface area contributed by atoms with Gasteiger partial charge in [0.2, 0.25) is 11.8 Å². The number of para-hydroxylation sites is 1. The standard InChI is InChI=1S/C20H24N4O2/c1-15(14-24-11-5-10-21-24)18(25)23-12-8-20(9-13-23)16-6-3-4-7-17(16)22(2)19(20)26/h3-7,10-11,15H,8-9,12-14H2,1-2H3/t15-/m0/s1. The molecule has 6 heteroatoms. The van der Waals surface area contributed by atoms with Gasteiger partial charge in [-0.05, 0) is 30.5 Å². The number of likely N-dealkylation sites (N-methyl/N-ethyl adjacent to an activating group) is 1. The maximum Gasteiger partial charge on any atom is 0.237 e. The number of nitrogens with zero attached hydrogens (tertiary/aromatic N) is 4. The van der Waals surface area contributed by atoms with Crippen LogP contribution >= 0.6 is 0 Å². The highest BCUT2D eigenvalue weighted by atomic mass is 16.2. The van der Waals surface area contributed by atoms with E-state index in [1.165, 1.54) is 0 Å². The fraction of sp³-hybridized carbons (Fsp3) is 0.450. The van der Waals surface area contributed by atoms with Gasteiger partial charge in [-0.25, -0.2) is 0 Å². The average Bonchev–Trinajstić information content (AvgIpc) is 3.25. The van der Waals surface area contributed by atoms with Crippen LogP contribution in [-0.4, -0.2) is 46.6 Å². The summed E-state index contributed by atoms with van der Waals surface area (Å²) in [6.45, 7) is 3.77. The van der Waals surface area contributed by atoms with E-state index >= 15 is 0 Å². The van der Waals surface area contributed by atoms with E-state index in [0.29, 0.717) is 32.5 Å². The van der Waals surface area contributed by atoms with Crippen LogP contribution in [-0.2, 0) is 21.5 Å². The zero-order chi connectivity index (χ0) is 18.3. The van der Waals surface area contributed by atoms with Gasteiger partial charge in [0.15, 0.2) is 0 Å². The van der Waals surface area contributed by atoms with Crippen molar-refractivity contribution in [3.63, 3.8) is 0 Å². The molecule has 1 aromatic carbocycles. The molecule has 0 radical (unpaired) electrons. The summed E-state index contributed by atoms with van der Waals surface area (Å²) in [6, 6.07) is 9.90. The molecule has 136 valence electrons. The first-order valence-corrected chi connectivity index (χ1v) is 9.17. The largest absolute Gasteiger partial charge is 0.342 e. The molecule has 0 bridgehead atoms. The van der Waals surface area contributed by atoms with Gasteiger partial charge in [-0.3, -0.25) is 14.3 Å². The number of likely N-dealkylation sites (tertiary alicyclic amines) is 1. The van der Waals surface area contributed by atoms with Crippen molar-refractivity contribution in [1.29, 1.82) is 0 Å². The third-order valence-corrected chi connectivity index (χ3v) is 5.87. The van der Waals surface area contributed by atoms with Crippen molar-refractivity contribution >= 4 is 17.5 Å². The second-order valence-electron chi connectivity index (χ2n) is 7.42. The van der Waals surface area contributed by atoms with Gasteiger partial charge in [-0.1, -0.05) is 25.1 Å². The summed E-state index contributed by atoms with van der Waals surface area (Å²) < 4.78 is 1.79. The third-order valence-electron chi connectivity index (χ3n) is 5.87. The number of piperidine rings is 1. The molecular formula is C20H24N4O2. The molecule has 1 aromatic heterocycles. The topological polar surface area (TPSA) is 58.4 Å². The molecule has 3 heterocycles. The summed E-state index contributed by atoms with van der Waals surface area (Å²) >= 11 is 0. The first kappa shape index (κ1) is 16.8. The number of amides is 2. The van der Waals surface area contributed by atoms with Gasteiger partial charge in [0.25, 0.3) is 0 Å². The lowest BCUT2D eigenvalue weighted by Crippen LogP contribution is -2.50. The van der Waals surface area contributed by atoms with Gasteiger partial charge >= 0.3 is 0 Å². The molecule has 1 atom stereocenters. The normalized spacial score (nSPS) is 19.7. The van der Waals surface area contributed by atoms with Crippen molar-refractivity contribution in [3.05, 3.63) is 48.3 Å². The van der Waals surface area contributed by atoms with Gasteiger partial charge in [0, 0.05) is 38.2 Å².